The van der Waals surface area contributed by atoms with Crippen molar-refractivity contribution in [3.8, 4) is 0 Å². The first-order valence-electron chi connectivity index (χ1n) is 5.73. The summed E-state index contributed by atoms with van der Waals surface area (Å²) >= 11 is 4.83. The van der Waals surface area contributed by atoms with Crippen LogP contribution in [-0.4, -0.2) is 42.5 Å². The fourth-order valence-electron chi connectivity index (χ4n) is 1.57. The quantitative estimate of drug-likeness (QED) is 0.746. The highest BCUT2D eigenvalue weighted by Gasteiger charge is 2.19. The van der Waals surface area contributed by atoms with Crippen molar-refractivity contribution in [3.05, 3.63) is 35.4 Å². The maximum atomic E-state index is 12.0. The molecule has 0 fully saturated rings. The molecule has 1 atom stereocenters. The van der Waals surface area contributed by atoms with Gasteiger partial charge in [-0.3, -0.25) is 0 Å². The van der Waals surface area contributed by atoms with Gasteiger partial charge in [0, 0.05) is 19.2 Å². The maximum Gasteiger partial charge on any atom is 0.218 e. The lowest BCUT2D eigenvalue weighted by atomic mass is 10.1. The van der Waals surface area contributed by atoms with Crippen molar-refractivity contribution in [2.75, 3.05) is 13.6 Å². The van der Waals surface area contributed by atoms with Gasteiger partial charge in [-0.25, -0.2) is 12.7 Å². The second kappa shape index (κ2) is 6.42. The minimum atomic E-state index is -3.43. The Morgan fingerprint density at radius 3 is 2.37 bits per heavy atom. The Morgan fingerprint density at radius 1 is 1.42 bits per heavy atom. The number of hydrogen-bond donors (Lipinski definition) is 2. The van der Waals surface area contributed by atoms with E-state index in [4.69, 9.17) is 18.0 Å². The largest absolute Gasteiger partial charge is 0.392 e. The molecule has 0 bridgehead atoms. The van der Waals surface area contributed by atoms with E-state index in [9.17, 15) is 13.5 Å². The lowest BCUT2D eigenvalue weighted by molar-refractivity contribution is 0.171. The van der Waals surface area contributed by atoms with E-state index in [0.717, 1.165) is 4.31 Å². The molecule has 0 spiro atoms. The van der Waals surface area contributed by atoms with Crippen LogP contribution in [0.15, 0.2) is 24.3 Å². The van der Waals surface area contributed by atoms with Crippen molar-refractivity contribution in [1.29, 1.82) is 0 Å². The third-order valence-corrected chi connectivity index (χ3v) is 4.62. The summed E-state index contributed by atoms with van der Waals surface area (Å²) in [5.74, 6) is -0.117. The van der Waals surface area contributed by atoms with Crippen LogP contribution < -0.4 is 5.73 Å². The molecule has 19 heavy (non-hydrogen) atoms. The Balaban J connectivity index is 2.81. The number of aliphatic hydroxyl groups is 1. The molecule has 7 heteroatoms. The molecule has 0 aromatic heterocycles. The van der Waals surface area contributed by atoms with Gasteiger partial charge in [0.25, 0.3) is 0 Å². The van der Waals surface area contributed by atoms with Crippen LogP contribution in [0.3, 0.4) is 0 Å². The summed E-state index contributed by atoms with van der Waals surface area (Å²) in [7, 11) is -1.98. The van der Waals surface area contributed by atoms with Crippen molar-refractivity contribution in [2.45, 2.75) is 18.8 Å². The molecule has 0 aliphatic carbocycles. The number of nitrogens with two attached hydrogens (primary N) is 1. The van der Waals surface area contributed by atoms with E-state index < -0.39 is 16.1 Å². The Morgan fingerprint density at radius 2 is 1.95 bits per heavy atom. The molecule has 1 unspecified atom stereocenters. The van der Waals surface area contributed by atoms with Crippen LogP contribution in [0.4, 0.5) is 0 Å². The van der Waals surface area contributed by atoms with Gasteiger partial charge in [0.1, 0.15) is 4.99 Å². The van der Waals surface area contributed by atoms with Crippen molar-refractivity contribution in [1.82, 2.24) is 4.31 Å². The van der Waals surface area contributed by atoms with Crippen molar-refractivity contribution >= 4 is 27.2 Å². The van der Waals surface area contributed by atoms with Gasteiger partial charge in [0.05, 0.1) is 11.9 Å². The monoisotopic (exact) mass is 302 g/mol. The van der Waals surface area contributed by atoms with E-state index in [1.54, 1.807) is 31.2 Å². The predicted molar refractivity (Wildman–Crippen MR) is 79.3 cm³/mol. The first-order chi connectivity index (χ1) is 8.72. The third kappa shape index (κ3) is 4.87. The molecule has 0 saturated heterocycles. The second-order valence-electron chi connectivity index (χ2n) is 4.45. The molecular weight excluding hydrogens is 284 g/mol. The number of rotatable bonds is 6. The van der Waals surface area contributed by atoms with Gasteiger partial charge < -0.3 is 10.8 Å². The Labute approximate surface area is 119 Å². The maximum absolute atomic E-state index is 12.0. The van der Waals surface area contributed by atoms with Crippen LogP contribution in [-0.2, 0) is 15.8 Å². The number of thiocarbonyl (C=S) groups is 1. The van der Waals surface area contributed by atoms with Crippen LogP contribution in [0.2, 0.25) is 0 Å². The number of sulfonamides is 1. The predicted octanol–water partition coefficient (Wildman–Crippen LogP) is 0.463. The summed E-state index contributed by atoms with van der Waals surface area (Å²) in [5.41, 5.74) is 6.82. The Bertz CT molecular complexity index is 539. The summed E-state index contributed by atoms with van der Waals surface area (Å²) in [5, 5.41) is 9.22. The molecular formula is C12H18N2O3S2. The number of aliphatic hydroxyl groups excluding tert-OH is 1. The van der Waals surface area contributed by atoms with Crippen molar-refractivity contribution in [2.24, 2.45) is 5.73 Å². The lowest BCUT2D eigenvalue weighted by Gasteiger charge is -2.18. The molecule has 1 rings (SSSR count). The molecule has 1 aromatic rings. The molecule has 3 N–H and O–H groups in total. The van der Waals surface area contributed by atoms with E-state index >= 15 is 0 Å². The van der Waals surface area contributed by atoms with Crippen LogP contribution in [0.1, 0.15) is 18.1 Å². The minimum absolute atomic E-state index is 0.0767. The summed E-state index contributed by atoms with van der Waals surface area (Å²) in [6, 6.07) is 6.76. The van der Waals surface area contributed by atoms with E-state index in [0.29, 0.717) is 11.1 Å². The van der Waals surface area contributed by atoms with Gasteiger partial charge >= 0.3 is 0 Å². The molecule has 0 heterocycles. The van der Waals surface area contributed by atoms with Gasteiger partial charge in [0.2, 0.25) is 10.0 Å². The second-order valence-corrected chi connectivity index (χ2v) is 6.96. The standard InChI is InChI=1S/C12H18N2O3S2/c1-9(15)7-14(2)19(16,17)8-10-3-5-11(6-4-10)12(13)18/h3-6,9,15H,7-8H2,1-2H3,(H2,13,18). The smallest absolute Gasteiger partial charge is 0.218 e. The zero-order chi connectivity index (χ0) is 14.6. The number of hydrogen-bond acceptors (Lipinski definition) is 4. The van der Waals surface area contributed by atoms with E-state index in [2.05, 4.69) is 0 Å². The summed E-state index contributed by atoms with van der Waals surface area (Å²) < 4.78 is 25.2. The Kier molecular flexibility index (Phi) is 5.42. The highest BCUT2D eigenvalue weighted by atomic mass is 32.2. The number of nitrogens with zero attached hydrogens (tertiary/aromatic N) is 1. The SMILES string of the molecule is CC(O)CN(C)S(=O)(=O)Cc1ccc(C(N)=S)cc1. The summed E-state index contributed by atoms with van der Waals surface area (Å²) in [6.07, 6.45) is -0.697. The average Bonchev–Trinajstić information content (AvgIpc) is 2.28. The van der Waals surface area contributed by atoms with E-state index in [1.807, 2.05) is 0 Å². The highest BCUT2D eigenvalue weighted by molar-refractivity contribution is 7.88. The summed E-state index contributed by atoms with van der Waals surface area (Å²) in [6.45, 7) is 1.62. The lowest BCUT2D eigenvalue weighted by Crippen LogP contribution is -2.33. The fourth-order valence-corrected chi connectivity index (χ4v) is 2.98. The molecule has 0 aliphatic rings. The summed E-state index contributed by atoms with van der Waals surface area (Å²) in [4.78, 5) is 0.278. The van der Waals surface area contributed by atoms with Gasteiger partial charge in [-0.1, -0.05) is 36.5 Å². The molecule has 0 aliphatic heterocycles. The van der Waals surface area contributed by atoms with Crippen LogP contribution in [0, 0.1) is 0 Å². The fraction of sp³-hybridized carbons (Fsp3) is 0.417. The molecule has 0 saturated carbocycles. The normalized spacial score (nSPS) is 13.5. The topological polar surface area (TPSA) is 83.6 Å². The molecule has 1 aromatic carbocycles. The van der Waals surface area contributed by atoms with Gasteiger partial charge in [-0.05, 0) is 12.5 Å². The molecule has 0 radical (unpaired) electrons. The van der Waals surface area contributed by atoms with Crippen LogP contribution in [0.25, 0.3) is 0 Å². The highest BCUT2D eigenvalue weighted by Crippen LogP contribution is 2.11. The first kappa shape index (κ1) is 16.0. The Hall–Kier alpha value is -1.02. The van der Waals surface area contributed by atoms with Crippen molar-refractivity contribution < 1.29 is 13.5 Å². The van der Waals surface area contributed by atoms with Gasteiger partial charge in [0.15, 0.2) is 0 Å². The molecule has 5 nitrogen and oxygen atoms in total. The van der Waals surface area contributed by atoms with Crippen LogP contribution >= 0.6 is 12.2 Å². The molecule has 0 amide bonds. The van der Waals surface area contributed by atoms with E-state index in [-0.39, 0.29) is 17.3 Å². The van der Waals surface area contributed by atoms with Crippen molar-refractivity contribution in [3.63, 3.8) is 0 Å². The molecule has 106 valence electrons. The zero-order valence-electron chi connectivity index (χ0n) is 10.9. The average molecular weight is 302 g/mol. The third-order valence-electron chi connectivity index (χ3n) is 2.58. The van der Waals surface area contributed by atoms with E-state index in [1.165, 1.54) is 7.05 Å². The van der Waals surface area contributed by atoms with Gasteiger partial charge in [-0.15, -0.1) is 0 Å². The number of likely N-dealkylation sites (N-methyl/N-ethyl adjacent to an activating group) is 1. The van der Waals surface area contributed by atoms with Gasteiger partial charge in [-0.2, -0.15) is 0 Å². The minimum Gasteiger partial charge on any atom is -0.392 e. The number of benzene rings is 1. The zero-order valence-corrected chi connectivity index (χ0v) is 12.5. The van der Waals surface area contributed by atoms with Crippen LogP contribution in [0.5, 0.6) is 0 Å². The first-order valence-corrected chi connectivity index (χ1v) is 7.75.